The monoisotopic (exact) mass is 480 g/mol. The standard InChI is InChI=1S/C27H40N6O2/c1-4-26(34)33-15-13-23-9-7-10-24(32(23)14-12-21(2)3)17-30(16-22-8-5-6-11-25(22)33)27(35)18-31-20-28-19-29-31/h5-6,8,11,19-21,23-24H,4,7,9-10,12-18H2,1-3H3. The van der Waals surface area contributed by atoms with E-state index in [9.17, 15) is 9.59 Å². The Morgan fingerprint density at radius 3 is 2.63 bits per heavy atom. The maximum Gasteiger partial charge on any atom is 0.244 e. The molecule has 0 radical (unpaired) electrons. The zero-order valence-electron chi connectivity index (χ0n) is 21.5. The van der Waals surface area contributed by atoms with Gasteiger partial charge in [0, 0.05) is 43.8 Å². The van der Waals surface area contributed by atoms with Crippen molar-refractivity contribution >= 4 is 17.5 Å². The largest absolute Gasteiger partial charge is 0.335 e. The molecule has 0 aliphatic carbocycles. The minimum absolute atomic E-state index is 0.0313. The summed E-state index contributed by atoms with van der Waals surface area (Å²) in [5, 5.41) is 4.15. The van der Waals surface area contributed by atoms with E-state index in [1.165, 1.54) is 6.33 Å². The van der Waals surface area contributed by atoms with Gasteiger partial charge in [0.1, 0.15) is 19.2 Å². The molecule has 1 fully saturated rings. The fourth-order valence-corrected chi connectivity index (χ4v) is 5.52. The summed E-state index contributed by atoms with van der Waals surface area (Å²) in [7, 11) is 0. The van der Waals surface area contributed by atoms with Crippen LogP contribution in [0.1, 0.15) is 64.9 Å². The topological polar surface area (TPSA) is 74.6 Å². The Morgan fingerprint density at radius 2 is 1.89 bits per heavy atom. The lowest BCUT2D eigenvalue weighted by Gasteiger charge is -2.44. The maximum atomic E-state index is 13.6. The fourth-order valence-electron chi connectivity index (χ4n) is 5.52. The van der Waals surface area contributed by atoms with E-state index in [-0.39, 0.29) is 18.4 Å². The van der Waals surface area contributed by atoms with Crippen molar-refractivity contribution in [1.82, 2.24) is 24.6 Å². The van der Waals surface area contributed by atoms with Crippen LogP contribution < -0.4 is 4.90 Å². The molecule has 2 aliphatic heterocycles. The number of aromatic nitrogens is 3. The van der Waals surface area contributed by atoms with Gasteiger partial charge >= 0.3 is 0 Å². The molecule has 8 heteroatoms. The lowest BCUT2D eigenvalue weighted by atomic mass is 9.92. The molecule has 2 aromatic rings. The molecule has 1 aromatic heterocycles. The highest BCUT2D eigenvalue weighted by atomic mass is 16.2. The average Bonchev–Trinajstić information content (AvgIpc) is 3.36. The molecule has 2 unspecified atom stereocenters. The number of para-hydroxylation sites is 1. The van der Waals surface area contributed by atoms with Gasteiger partial charge in [-0.05, 0) is 49.8 Å². The van der Waals surface area contributed by atoms with Crippen molar-refractivity contribution in [2.24, 2.45) is 5.92 Å². The molecule has 8 nitrogen and oxygen atoms in total. The minimum Gasteiger partial charge on any atom is -0.335 e. The van der Waals surface area contributed by atoms with Gasteiger partial charge in [-0.15, -0.1) is 0 Å². The van der Waals surface area contributed by atoms with E-state index < -0.39 is 0 Å². The summed E-state index contributed by atoms with van der Waals surface area (Å²) in [5.74, 6) is 0.795. The molecule has 2 bridgehead atoms. The van der Waals surface area contributed by atoms with E-state index >= 15 is 0 Å². The quantitative estimate of drug-likeness (QED) is 0.630. The second kappa shape index (κ2) is 11.8. The third-order valence-corrected chi connectivity index (χ3v) is 7.46. The van der Waals surface area contributed by atoms with Crippen molar-refractivity contribution in [3.63, 3.8) is 0 Å². The Hall–Kier alpha value is -2.74. The van der Waals surface area contributed by atoms with Crippen LogP contribution in [0.4, 0.5) is 5.69 Å². The van der Waals surface area contributed by atoms with Crippen molar-refractivity contribution < 1.29 is 9.59 Å². The molecule has 3 heterocycles. The van der Waals surface area contributed by atoms with Crippen LogP contribution in [-0.2, 0) is 22.7 Å². The molecule has 0 saturated carbocycles. The predicted molar refractivity (Wildman–Crippen MR) is 137 cm³/mol. The lowest BCUT2D eigenvalue weighted by Crippen LogP contribution is -2.53. The Labute approximate surface area is 209 Å². The fraction of sp³-hybridized carbons (Fsp3) is 0.630. The van der Waals surface area contributed by atoms with Gasteiger partial charge in [-0.25, -0.2) is 9.67 Å². The van der Waals surface area contributed by atoms with Crippen LogP contribution in [0.5, 0.6) is 0 Å². The molecule has 2 aliphatic rings. The first kappa shape index (κ1) is 25.4. The van der Waals surface area contributed by atoms with Crippen molar-refractivity contribution in [3.8, 4) is 0 Å². The van der Waals surface area contributed by atoms with Gasteiger partial charge in [-0.3, -0.25) is 14.5 Å². The van der Waals surface area contributed by atoms with E-state index in [4.69, 9.17) is 0 Å². The van der Waals surface area contributed by atoms with Crippen LogP contribution in [0.25, 0.3) is 0 Å². The first-order chi connectivity index (χ1) is 17.0. The summed E-state index contributed by atoms with van der Waals surface area (Å²) < 4.78 is 1.59. The molecule has 190 valence electrons. The normalized spacial score (nSPS) is 21.5. The number of fused-ring (bicyclic) bond motifs is 3. The smallest absolute Gasteiger partial charge is 0.244 e. The molecule has 1 aromatic carbocycles. The molecule has 0 N–H and O–H groups in total. The number of rotatable bonds is 6. The number of carbonyl (C=O) groups excluding carboxylic acids is 2. The Morgan fingerprint density at radius 1 is 1.09 bits per heavy atom. The molecule has 0 spiro atoms. The molecular weight excluding hydrogens is 440 g/mol. The van der Waals surface area contributed by atoms with Crippen LogP contribution in [0.3, 0.4) is 0 Å². The Kier molecular flexibility index (Phi) is 8.55. The van der Waals surface area contributed by atoms with Gasteiger partial charge in [0.05, 0.1) is 0 Å². The van der Waals surface area contributed by atoms with Crippen LogP contribution in [0.2, 0.25) is 0 Å². The van der Waals surface area contributed by atoms with Crippen molar-refractivity contribution in [2.75, 3.05) is 24.5 Å². The number of carbonyl (C=O) groups is 2. The predicted octanol–water partition coefficient (Wildman–Crippen LogP) is 3.72. The van der Waals surface area contributed by atoms with Crippen molar-refractivity contribution in [3.05, 3.63) is 42.5 Å². The number of nitrogens with zero attached hydrogens (tertiary/aromatic N) is 6. The van der Waals surface area contributed by atoms with Gasteiger partial charge < -0.3 is 9.80 Å². The van der Waals surface area contributed by atoms with Gasteiger partial charge in [-0.1, -0.05) is 45.4 Å². The number of hydrogen-bond acceptors (Lipinski definition) is 5. The van der Waals surface area contributed by atoms with Gasteiger partial charge in [0.2, 0.25) is 11.8 Å². The van der Waals surface area contributed by atoms with E-state index in [1.807, 2.05) is 34.9 Å². The van der Waals surface area contributed by atoms with Crippen LogP contribution in [0, 0.1) is 5.92 Å². The summed E-state index contributed by atoms with van der Waals surface area (Å²) >= 11 is 0. The summed E-state index contributed by atoms with van der Waals surface area (Å²) in [6, 6.07) is 8.83. The van der Waals surface area contributed by atoms with Crippen molar-refractivity contribution in [2.45, 2.75) is 84.5 Å². The molecule has 2 amide bonds. The number of piperidine rings is 1. The second-order valence-electron chi connectivity index (χ2n) is 10.3. The zero-order chi connectivity index (χ0) is 24.8. The van der Waals surface area contributed by atoms with E-state index in [0.717, 1.165) is 49.9 Å². The van der Waals surface area contributed by atoms with Crippen LogP contribution >= 0.6 is 0 Å². The lowest BCUT2D eigenvalue weighted by molar-refractivity contribution is -0.134. The van der Waals surface area contributed by atoms with Crippen LogP contribution in [-0.4, -0.2) is 68.1 Å². The summed E-state index contributed by atoms with van der Waals surface area (Å²) in [5.41, 5.74) is 1.95. The molecular formula is C27H40N6O2. The van der Waals surface area contributed by atoms with Gasteiger partial charge in [-0.2, -0.15) is 5.10 Å². The summed E-state index contributed by atoms with van der Waals surface area (Å²) in [4.78, 5) is 37.3. The zero-order valence-corrected chi connectivity index (χ0v) is 21.5. The van der Waals surface area contributed by atoms with E-state index in [2.05, 4.69) is 34.9 Å². The van der Waals surface area contributed by atoms with E-state index in [0.29, 0.717) is 44.1 Å². The van der Waals surface area contributed by atoms with E-state index in [1.54, 1.807) is 11.0 Å². The highest BCUT2D eigenvalue weighted by Crippen LogP contribution is 2.31. The number of anilines is 1. The van der Waals surface area contributed by atoms with Crippen molar-refractivity contribution in [1.29, 1.82) is 0 Å². The summed E-state index contributed by atoms with van der Waals surface area (Å²) in [6.07, 6.45) is 9.02. The SMILES string of the molecule is CCC(=O)N1CCC2CCCC(CN(C(=O)Cn3cncn3)Cc3ccccc31)N2CCC(C)C. The number of amides is 2. The third kappa shape index (κ3) is 6.28. The average molecular weight is 481 g/mol. The van der Waals surface area contributed by atoms with Crippen LogP contribution in [0.15, 0.2) is 36.9 Å². The first-order valence-electron chi connectivity index (χ1n) is 13.2. The number of hydrogen-bond donors (Lipinski definition) is 0. The number of benzene rings is 1. The molecule has 4 rings (SSSR count). The summed E-state index contributed by atoms with van der Waals surface area (Å²) in [6.45, 7) is 9.56. The first-order valence-corrected chi connectivity index (χ1v) is 13.2. The minimum atomic E-state index is 0.0313. The highest BCUT2D eigenvalue weighted by molar-refractivity contribution is 5.94. The molecule has 2 atom stereocenters. The maximum absolute atomic E-state index is 13.6. The Balaban J connectivity index is 1.70. The highest BCUT2D eigenvalue weighted by Gasteiger charge is 2.34. The Bertz CT molecular complexity index is 976. The van der Waals surface area contributed by atoms with Gasteiger partial charge in [0.25, 0.3) is 0 Å². The second-order valence-corrected chi connectivity index (χ2v) is 10.3. The molecule has 1 saturated heterocycles. The van der Waals surface area contributed by atoms with Gasteiger partial charge in [0.15, 0.2) is 0 Å². The third-order valence-electron chi connectivity index (χ3n) is 7.46. The molecule has 35 heavy (non-hydrogen) atoms.